The molecule has 2 heterocycles. The van der Waals surface area contributed by atoms with Crippen LogP contribution < -0.4 is 9.47 Å². The van der Waals surface area contributed by atoms with Gasteiger partial charge >= 0.3 is 0 Å². The summed E-state index contributed by atoms with van der Waals surface area (Å²) in [6.07, 6.45) is 5.56. The third-order valence-corrected chi connectivity index (χ3v) is 5.90. The molecule has 4 atom stereocenters. The van der Waals surface area contributed by atoms with Gasteiger partial charge in [0.05, 0.1) is 26.9 Å². The minimum absolute atomic E-state index is 0.118. The molecule has 0 unspecified atom stereocenters. The van der Waals surface area contributed by atoms with Gasteiger partial charge in [-0.15, -0.1) is 0 Å². The first-order chi connectivity index (χ1) is 12.0. The number of hydroxylamine groups is 3. The predicted octanol–water partition coefficient (Wildman–Crippen LogP) is 2.18. The highest BCUT2D eigenvalue weighted by Gasteiger charge is 2.59. The lowest BCUT2D eigenvalue weighted by Gasteiger charge is -2.59. The Morgan fingerprint density at radius 1 is 1.20 bits per heavy atom. The molecule has 1 aromatic rings. The molecule has 1 spiro atoms. The molecule has 0 amide bonds. The number of nitrogens with zero attached hydrogens (tertiary/aromatic N) is 1. The van der Waals surface area contributed by atoms with Crippen molar-refractivity contribution in [3.63, 3.8) is 0 Å². The van der Waals surface area contributed by atoms with Crippen LogP contribution in [-0.4, -0.2) is 50.3 Å². The Balaban J connectivity index is 1.99. The van der Waals surface area contributed by atoms with Crippen LogP contribution in [0, 0.1) is 5.21 Å². The SMILES string of the molecule is COc1cc2c(cc1OC)[C@]13C[C@@H](OC)C=CC1=CC[N@+]3([O-])C[C@@H]2O. The molecule has 1 N–H and O–H groups in total. The van der Waals surface area contributed by atoms with Gasteiger partial charge in [-0.1, -0.05) is 12.2 Å². The Morgan fingerprint density at radius 2 is 1.92 bits per heavy atom. The highest BCUT2D eigenvalue weighted by atomic mass is 16.6. The molecule has 1 aliphatic carbocycles. The van der Waals surface area contributed by atoms with Gasteiger partial charge in [0.15, 0.2) is 17.0 Å². The molecule has 1 aromatic carbocycles. The zero-order valence-electron chi connectivity index (χ0n) is 14.7. The molecular weight excluding hydrogens is 322 g/mol. The van der Waals surface area contributed by atoms with Crippen LogP contribution >= 0.6 is 0 Å². The molecule has 3 aliphatic rings. The van der Waals surface area contributed by atoms with E-state index in [4.69, 9.17) is 14.2 Å². The second-order valence-electron chi connectivity index (χ2n) is 6.92. The van der Waals surface area contributed by atoms with Crippen molar-refractivity contribution in [3.05, 3.63) is 52.3 Å². The van der Waals surface area contributed by atoms with E-state index in [9.17, 15) is 10.3 Å². The van der Waals surface area contributed by atoms with E-state index in [0.29, 0.717) is 24.5 Å². The standard InChI is InChI=1S/C19H23NO5/c1-23-13-5-4-12-6-7-20(22)11-16(21)14-8-17(24-2)18(25-3)9-15(14)19(12,20)10-13/h4-6,8-9,13,16,21H,7,10-11H2,1-3H3/t13-,16-,19-,20-/m0/s1. The van der Waals surface area contributed by atoms with Gasteiger partial charge < -0.3 is 29.2 Å². The fraction of sp³-hybridized carbons (Fsp3) is 0.474. The first-order valence-corrected chi connectivity index (χ1v) is 8.43. The van der Waals surface area contributed by atoms with Gasteiger partial charge in [-0.2, -0.15) is 0 Å². The monoisotopic (exact) mass is 345 g/mol. The summed E-state index contributed by atoms with van der Waals surface area (Å²) in [7, 11) is 4.80. The zero-order valence-corrected chi connectivity index (χ0v) is 14.7. The van der Waals surface area contributed by atoms with Gasteiger partial charge in [0, 0.05) is 24.7 Å². The fourth-order valence-corrected chi connectivity index (χ4v) is 4.65. The second kappa shape index (κ2) is 5.57. The minimum atomic E-state index is -0.836. The highest BCUT2D eigenvalue weighted by Crippen LogP contribution is 2.57. The topological polar surface area (TPSA) is 71.0 Å². The Kier molecular flexibility index (Phi) is 3.70. The van der Waals surface area contributed by atoms with E-state index in [1.165, 1.54) is 0 Å². The maximum Gasteiger partial charge on any atom is 0.161 e. The van der Waals surface area contributed by atoms with E-state index in [1.54, 1.807) is 27.4 Å². The van der Waals surface area contributed by atoms with E-state index in [0.717, 1.165) is 16.7 Å². The molecule has 0 bridgehead atoms. The van der Waals surface area contributed by atoms with Crippen LogP contribution in [0.2, 0.25) is 0 Å². The van der Waals surface area contributed by atoms with Gasteiger partial charge in [0.1, 0.15) is 12.6 Å². The molecule has 134 valence electrons. The number of rotatable bonds is 3. The normalized spacial score (nSPS) is 35.5. The smallest absolute Gasteiger partial charge is 0.161 e. The first kappa shape index (κ1) is 16.6. The van der Waals surface area contributed by atoms with Crippen molar-refractivity contribution in [2.24, 2.45) is 0 Å². The van der Waals surface area contributed by atoms with E-state index >= 15 is 0 Å². The van der Waals surface area contributed by atoms with E-state index in [2.05, 4.69) is 0 Å². The lowest BCUT2D eigenvalue weighted by molar-refractivity contribution is -0.930. The lowest BCUT2D eigenvalue weighted by atomic mass is 9.70. The molecule has 6 nitrogen and oxygen atoms in total. The van der Waals surface area contributed by atoms with Crippen LogP contribution in [0.15, 0.2) is 35.9 Å². The van der Waals surface area contributed by atoms with Crippen LogP contribution in [0.5, 0.6) is 11.5 Å². The molecule has 6 heteroatoms. The summed E-state index contributed by atoms with van der Waals surface area (Å²) in [6, 6.07) is 3.65. The van der Waals surface area contributed by atoms with Crippen molar-refractivity contribution < 1.29 is 24.0 Å². The minimum Gasteiger partial charge on any atom is -0.632 e. The van der Waals surface area contributed by atoms with Crippen molar-refractivity contribution in [1.29, 1.82) is 0 Å². The van der Waals surface area contributed by atoms with Crippen molar-refractivity contribution >= 4 is 0 Å². The maximum atomic E-state index is 13.8. The largest absolute Gasteiger partial charge is 0.632 e. The van der Waals surface area contributed by atoms with Gasteiger partial charge in [0.2, 0.25) is 0 Å². The molecule has 0 saturated heterocycles. The van der Waals surface area contributed by atoms with Crippen molar-refractivity contribution in [2.45, 2.75) is 24.2 Å². The Morgan fingerprint density at radius 3 is 2.60 bits per heavy atom. The fourth-order valence-electron chi connectivity index (χ4n) is 4.65. The Bertz CT molecular complexity index is 773. The van der Waals surface area contributed by atoms with Gasteiger partial charge in [-0.05, 0) is 23.8 Å². The summed E-state index contributed by atoms with van der Waals surface area (Å²) in [5, 5.41) is 24.5. The number of methoxy groups -OCH3 is 3. The highest BCUT2D eigenvalue weighted by molar-refractivity contribution is 5.56. The number of aliphatic hydroxyl groups is 1. The van der Waals surface area contributed by atoms with E-state index < -0.39 is 16.3 Å². The number of ether oxygens (including phenoxy) is 3. The van der Waals surface area contributed by atoms with E-state index in [-0.39, 0.29) is 12.6 Å². The molecule has 4 rings (SSSR count). The Labute approximate surface area is 147 Å². The molecule has 25 heavy (non-hydrogen) atoms. The van der Waals surface area contributed by atoms with Crippen molar-refractivity contribution in [2.75, 3.05) is 34.4 Å². The average Bonchev–Trinajstić information content (AvgIpc) is 2.93. The third kappa shape index (κ3) is 2.05. The molecular formula is C19H23NO5. The molecule has 0 fully saturated rings. The van der Waals surface area contributed by atoms with Crippen LogP contribution in [0.3, 0.4) is 0 Å². The quantitative estimate of drug-likeness (QED) is 0.672. The summed E-state index contributed by atoms with van der Waals surface area (Å²) in [6.45, 7) is 0.466. The number of benzene rings is 1. The molecule has 2 aliphatic heterocycles. The van der Waals surface area contributed by atoms with Crippen LogP contribution in [0.4, 0.5) is 0 Å². The number of hydrogen-bond acceptors (Lipinski definition) is 5. The van der Waals surface area contributed by atoms with Crippen LogP contribution in [0.25, 0.3) is 0 Å². The molecule has 0 saturated carbocycles. The Hall–Kier alpha value is -1.86. The summed E-state index contributed by atoms with van der Waals surface area (Å²) in [4.78, 5) is 0. The summed E-state index contributed by atoms with van der Waals surface area (Å²) >= 11 is 0. The number of quaternary nitrogens is 1. The van der Waals surface area contributed by atoms with Gasteiger partial charge in [0.25, 0.3) is 0 Å². The van der Waals surface area contributed by atoms with Gasteiger partial charge in [-0.3, -0.25) is 0 Å². The maximum absolute atomic E-state index is 13.8. The molecule has 0 aromatic heterocycles. The first-order valence-electron chi connectivity index (χ1n) is 8.43. The van der Waals surface area contributed by atoms with Gasteiger partial charge in [-0.25, -0.2) is 0 Å². The number of hydrogen-bond donors (Lipinski definition) is 1. The van der Waals surface area contributed by atoms with Crippen molar-refractivity contribution in [1.82, 2.24) is 0 Å². The average molecular weight is 345 g/mol. The number of fused-ring (bicyclic) bond motifs is 1. The van der Waals surface area contributed by atoms with Crippen molar-refractivity contribution in [3.8, 4) is 11.5 Å². The van der Waals surface area contributed by atoms with Crippen LogP contribution in [0.1, 0.15) is 23.7 Å². The second-order valence-corrected chi connectivity index (χ2v) is 6.92. The summed E-state index contributed by atoms with van der Waals surface area (Å²) in [5.41, 5.74) is 1.77. The summed E-state index contributed by atoms with van der Waals surface area (Å²) in [5.74, 6) is 1.12. The molecule has 0 radical (unpaired) electrons. The third-order valence-electron chi connectivity index (χ3n) is 5.90. The predicted molar refractivity (Wildman–Crippen MR) is 92.2 cm³/mol. The van der Waals surface area contributed by atoms with E-state index in [1.807, 2.05) is 24.3 Å². The zero-order chi connectivity index (χ0) is 17.8. The summed E-state index contributed by atoms with van der Waals surface area (Å²) < 4.78 is 15.9. The lowest BCUT2D eigenvalue weighted by Crippen LogP contribution is -2.62. The van der Waals surface area contributed by atoms with Crippen LogP contribution in [-0.2, 0) is 10.3 Å². The number of aliphatic hydroxyl groups excluding tert-OH is 1.